The summed E-state index contributed by atoms with van der Waals surface area (Å²) < 4.78 is 5.47. The summed E-state index contributed by atoms with van der Waals surface area (Å²) in [4.78, 5) is 10.8. The molecule has 1 aliphatic heterocycles. The van der Waals surface area contributed by atoms with Crippen LogP contribution in [0.2, 0.25) is 0 Å². The summed E-state index contributed by atoms with van der Waals surface area (Å²) in [6.45, 7) is 4.37. The Kier molecular flexibility index (Phi) is 3.97. The van der Waals surface area contributed by atoms with Gasteiger partial charge >= 0.3 is 0 Å². The molecule has 0 aromatic carbocycles. The first-order chi connectivity index (χ1) is 10.6. The molecule has 0 spiro atoms. The SMILES string of the molecule is CC1COCCN1c1cc(N)nc(Nc2ncccc2N)c1. The van der Waals surface area contributed by atoms with Gasteiger partial charge in [-0.3, -0.25) is 0 Å². The fourth-order valence-electron chi connectivity index (χ4n) is 2.52. The molecule has 0 bridgehead atoms. The Morgan fingerprint density at radius 3 is 3.00 bits per heavy atom. The summed E-state index contributed by atoms with van der Waals surface area (Å²) in [6.07, 6.45) is 1.68. The van der Waals surface area contributed by atoms with Gasteiger partial charge in [0.15, 0.2) is 5.82 Å². The van der Waals surface area contributed by atoms with E-state index in [1.807, 2.05) is 12.1 Å². The van der Waals surface area contributed by atoms with Gasteiger partial charge in [-0.2, -0.15) is 0 Å². The van der Waals surface area contributed by atoms with Crippen LogP contribution < -0.4 is 21.7 Å². The minimum absolute atomic E-state index is 0.295. The fraction of sp³-hybridized carbons (Fsp3) is 0.333. The van der Waals surface area contributed by atoms with Crippen LogP contribution in [0.5, 0.6) is 0 Å². The Balaban J connectivity index is 1.88. The summed E-state index contributed by atoms with van der Waals surface area (Å²) in [5, 5.41) is 3.12. The maximum atomic E-state index is 5.94. The van der Waals surface area contributed by atoms with Crippen LogP contribution in [0.3, 0.4) is 0 Å². The van der Waals surface area contributed by atoms with Crippen LogP contribution in [0.25, 0.3) is 0 Å². The van der Waals surface area contributed by atoms with Crippen LogP contribution in [-0.2, 0) is 4.74 Å². The zero-order chi connectivity index (χ0) is 15.5. The third-order valence-electron chi connectivity index (χ3n) is 3.61. The second-order valence-corrected chi connectivity index (χ2v) is 5.32. The van der Waals surface area contributed by atoms with Crippen LogP contribution in [-0.4, -0.2) is 35.8 Å². The van der Waals surface area contributed by atoms with E-state index in [1.165, 1.54) is 0 Å². The average molecular weight is 300 g/mol. The predicted octanol–water partition coefficient (Wildman–Crippen LogP) is 1.61. The van der Waals surface area contributed by atoms with Crippen molar-refractivity contribution in [3.8, 4) is 0 Å². The summed E-state index contributed by atoms with van der Waals surface area (Å²) in [7, 11) is 0. The normalized spacial score (nSPS) is 18.2. The standard InChI is InChI=1S/C15H20N6O/c1-10-9-22-6-5-21(10)11-7-13(17)19-14(8-11)20-15-12(16)3-2-4-18-15/h2-4,7-8,10H,5-6,9,16H2,1H3,(H3,17,18,19,20). The van der Waals surface area contributed by atoms with E-state index in [0.717, 1.165) is 12.2 Å². The molecule has 7 nitrogen and oxygen atoms in total. The molecule has 116 valence electrons. The zero-order valence-electron chi connectivity index (χ0n) is 12.5. The van der Waals surface area contributed by atoms with E-state index < -0.39 is 0 Å². The van der Waals surface area contributed by atoms with Crippen molar-refractivity contribution in [1.29, 1.82) is 0 Å². The molecule has 0 radical (unpaired) electrons. The molecule has 1 fully saturated rings. The number of rotatable bonds is 3. The van der Waals surface area contributed by atoms with Crippen molar-refractivity contribution in [3.63, 3.8) is 0 Å². The van der Waals surface area contributed by atoms with Crippen molar-refractivity contribution in [1.82, 2.24) is 9.97 Å². The molecule has 2 aromatic rings. The monoisotopic (exact) mass is 300 g/mol. The number of anilines is 5. The summed E-state index contributed by atoms with van der Waals surface area (Å²) in [6, 6.07) is 7.69. The van der Waals surface area contributed by atoms with E-state index in [1.54, 1.807) is 18.3 Å². The van der Waals surface area contributed by atoms with Crippen molar-refractivity contribution >= 4 is 28.8 Å². The van der Waals surface area contributed by atoms with Gasteiger partial charge in [-0.25, -0.2) is 9.97 Å². The molecule has 0 aliphatic carbocycles. The van der Waals surface area contributed by atoms with Crippen molar-refractivity contribution in [2.75, 3.05) is 41.4 Å². The molecule has 7 heteroatoms. The second-order valence-electron chi connectivity index (χ2n) is 5.32. The van der Waals surface area contributed by atoms with E-state index in [9.17, 15) is 0 Å². The Morgan fingerprint density at radius 2 is 2.23 bits per heavy atom. The summed E-state index contributed by atoms with van der Waals surface area (Å²) in [5.74, 6) is 1.65. The van der Waals surface area contributed by atoms with Gasteiger partial charge < -0.3 is 26.4 Å². The van der Waals surface area contributed by atoms with Crippen LogP contribution in [0.15, 0.2) is 30.5 Å². The second kappa shape index (κ2) is 6.07. The average Bonchev–Trinajstić information content (AvgIpc) is 2.49. The van der Waals surface area contributed by atoms with Crippen molar-refractivity contribution < 1.29 is 4.74 Å². The lowest BCUT2D eigenvalue weighted by Crippen LogP contribution is -2.43. The molecule has 3 rings (SSSR count). The Bertz CT molecular complexity index is 662. The molecular weight excluding hydrogens is 280 g/mol. The molecular formula is C15H20N6O. The lowest BCUT2D eigenvalue weighted by molar-refractivity contribution is 0.0989. The van der Waals surface area contributed by atoms with E-state index in [0.29, 0.717) is 42.4 Å². The van der Waals surface area contributed by atoms with Gasteiger partial charge in [0.1, 0.15) is 11.6 Å². The van der Waals surface area contributed by atoms with Gasteiger partial charge in [-0.05, 0) is 19.1 Å². The van der Waals surface area contributed by atoms with E-state index in [2.05, 4.69) is 27.1 Å². The highest BCUT2D eigenvalue weighted by Crippen LogP contribution is 2.27. The van der Waals surface area contributed by atoms with Gasteiger partial charge in [0.2, 0.25) is 0 Å². The van der Waals surface area contributed by atoms with E-state index >= 15 is 0 Å². The van der Waals surface area contributed by atoms with Crippen LogP contribution in [0, 0.1) is 0 Å². The molecule has 1 aliphatic rings. The smallest absolute Gasteiger partial charge is 0.154 e. The first kappa shape index (κ1) is 14.4. The molecule has 2 aromatic heterocycles. The minimum atomic E-state index is 0.295. The predicted molar refractivity (Wildman–Crippen MR) is 88.2 cm³/mol. The fourth-order valence-corrected chi connectivity index (χ4v) is 2.52. The first-order valence-corrected chi connectivity index (χ1v) is 7.23. The van der Waals surface area contributed by atoms with Gasteiger partial charge in [0.25, 0.3) is 0 Å². The van der Waals surface area contributed by atoms with Gasteiger partial charge in [-0.1, -0.05) is 0 Å². The Morgan fingerprint density at radius 1 is 1.36 bits per heavy atom. The summed E-state index contributed by atoms with van der Waals surface area (Å²) >= 11 is 0. The number of nitrogens with two attached hydrogens (primary N) is 2. The number of pyridine rings is 2. The third kappa shape index (κ3) is 3.04. The van der Waals surface area contributed by atoms with Crippen molar-refractivity contribution in [2.24, 2.45) is 0 Å². The highest BCUT2D eigenvalue weighted by atomic mass is 16.5. The van der Waals surface area contributed by atoms with Crippen molar-refractivity contribution in [2.45, 2.75) is 13.0 Å². The molecule has 5 N–H and O–H groups in total. The molecule has 3 heterocycles. The van der Waals surface area contributed by atoms with Crippen LogP contribution in [0.4, 0.5) is 28.8 Å². The van der Waals surface area contributed by atoms with Gasteiger partial charge in [-0.15, -0.1) is 0 Å². The number of ether oxygens (including phenoxy) is 1. The third-order valence-corrected chi connectivity index (χ3v) is 3.61. The number of nitrogens with zero attached hydrogens (tertiary/aromatic N) is 3. The van der Waals surface area contributed by atoms with Crippen molar-refractivity contribution in [3.05, 3.63) is 30.5 Å². The van der Waals surface area contributed by atoms with Crippen LogP contribution >= 0.6 is 0 Å². The molecule has 0 amide bonds. The number of hydrogen-bond acceptors (Lipinski definition) is 7. The molecule has 1 saturated heterocycles. The van der Waals surface area contributed by atoms with E-state index in [4.69, 9.17) is 16.2 Å². The molecule has 1 unspecified atom stereocenters. The number of aromatic nitrogens is 2. The van der Waals surface area contributed by atoms with E-state index in [-0.39, 0.29) is 0 Å². The van der Waals surface area contributed by atoms with Gasteiger partial charge in [0, 0.05) is 36.6 Å². The molecule has 1 atom stereocenters. The lowest BCUT2D eigenvalue weighted by atomic mass is 10.2. The largest absolute Gasteiger partial charge is 0.396 e. The highest BCUT2D eigenvalue weighted by molar-refractivity contribution is 5.70. The Hall–Kier alpha value is -2.54. The maximum Gasteiger partial charge on any atom is 0.154 e. The topological polar surface area (TPSA) is 102 Å². The lowest BCUT2D eigenvalue weighted by Gasteiger charge is -2.35. The number of hydrogen-bond donors (Lipinski definition) is 3. The Labute approximate surface area is 129 Å². The van der Waals surface area contributed by atoms with Gasteiger partial charge in [0.05, 0.1) is 18.9 Å². The molecule has 0 saturated carbocycles. The quantitative estimate of drug-likeness (QED) is 0.791. The number of nitrogen functional groups attached to an aromatic ring is 2. The van der Waals surface area contributed by atoms with Crippen LogP contribution in [0.1, 0.15) is 6.92 Å². The minimum Gasteiger partial charge on any atom is -0.396 e. The summed E-state index contributed by atoms with van der Waals surface area (Å²) in [5.41, 5.74) is 13.4. The maximum absolute atomic E-state index is 5.94. The zero-order valence-corrected chi connectivity index (χ0v) is 12.5. The highest BCUT2D eigenvalue weighted by Gasteiger charge is 2.20. The number of morpholine rings is 1. The number of nitrogens with one attached hydrogen (secondary N) is 1. The molecule has 22 heavy (non-hydrogen) atoms. The first-order valence-electron chi connectivity index (χ1n) is 7.23.